The zero-order valence-electron chi connectivity index (χ0n) is 13.2. The number of aromatic nitrogens is 1. The molecule has 1 heterocycles. The Balaban J connectivity index is 2.06. The summed E-state index contributed by atoms with van der Waals surface area (Å²) in [7, 11) is 0. The Labute approximate surface area is 135 Å². The van der Waals surface area contributed by atoms with E-state index in [0.29, 0.717) is 17.0 Å². The van der Waals surface area contributed by atoms with Gasteiger partial charge in [-0.25, -0.2) is 4.98 Å². The molecule has 0 aliphatic rings. The average Bonchev–Trinajstić information content (AvgIpc) is 2.59. The third-order valence-electron chi connectivity index (χ3n) is 3.43. The number of nitrogens with two attached hydrogens (primary N) is 1. The molecule has 0 bridgehead atoms. The standard InChI is InChI=1S/C18H20N2O3/c1-12(2)16(19)18(22)23-11-14-9-6-10-15(20-14)17(21)13-7-4-3-5-8-13/h3-10,12,16H,11,19H2,1-2H3. The largest absolute Gasteiger partial charge is 0.458 e. The van der Waals surface area contributed by atoms with Crippen molar-refractivity contribution in [3.63, 3.8) is 0 Å². The fraction of sp³-hybridized carbons (Fsp3) is 0.278. The number of nitrogens with zero attached hydrogens (tertiary/aromatic N) is 1. The van der Waals surface area contributed by atoms with E-state index in [9.17, 15) is 9.59 Å². The Hall–Kier alpha value is -2.53. The molecule has 0 fully saturated rings. The van der Waals surface area contributed by atoms with Crippen molar-refractivity contribution in [2.24, 2.45) is 11.7 Å². The van der Waals surface area contributed by atoms with Gasteiger partial charge >= 0.3 is 5.97 Å². The number of rotatable bonds is 6. The van der Waals surface area contributed by atoms with Gasteiger partial charge in [0.1, 0.15) is 18.3 Å². The zero-order chi connectivity index (χ0) is 16.8. The van der Waals surface area contributed by atoms with Gasteiger partial charge in [0, 0.05) is 5.56 Å². The van der Waals surface area contributed by atoms with Crippen molar-refractivity contribution in [3.8, 4) is 0 Å². The minimum absolute atomic E-state index is 0.00134. The molecule has 0 saturated heterocycles. The molecule has 1 unspecified atom stereocenters. The smallest absolute Gasteiger partial charge is 0.323 e. The van der Waals surface area contributed by atoms with Gasteiger partial charge < -0.3 is 10.5 Å². The van der Waals surface area contributed by atoms with E-state index >= 15 is 0 Å². The summed E-state index contributed by atoms with van der Waals surface area (Å²) in [6, 6.07) is 13.3. The van der Waals surface area contributed by atoms with Crippen LogP contribution in [-0.2, 0) is 16.1 Å². The summed E-state index contributed by atoms with van der Waals surface area (Å²) in [4.78, 5) is 28.4. The molecule has 5 heteroatoms. The number of hydrogen-bond acceptors (Lipinski definition) is 5. The highest BCUT2D eigenvalue weighted by atomic mass is 16.5. The highest BCUT2D eigenvalue weighted by molar-refractivity contribution is 6.07. The number of benzene rings is 1. The van der Waals surface area contributed by atoms with E-state index in [0.717, 1.165) is 0 Å². The van der Waals surface area contributed by atoms with Crippen LogP contribution < -0.4 is 5.73 Å². The third kappa shape index (κ3) is 4.47. The van der Waals surface area contributed by atoms with Gasteiger partial charge in [-0.3, -0.25) is 9.59 Å². The lowest BCUT2D eigenvalue weighted by Crippen LogP contribution is -2.36. The van der Waals surface area contributed by atoms with Crippen molar-refractivity contribution in [3.05, 3.63) is 65.5 Å². The summed E-state index contributed by atoms with van der Waals surface area (Å²) in [5.74, 6) is -0.638. The Morgan fingerprint density at radius 3 is 2.43 bits per heavy atom. The lowest BCUT2D eigenvalue weighted by molar-refractivity contribution is -0.147. The van der Waals surface area contributed by atoms with Crippen LogP contribution in [0.5, 0.6) is 0 Å². The maximum absolute atomic E-state index is 12.3. The van der Waals surface area contributed by atoms with Gasteiger partial charge in [-0.15, -0.1) is 0 Å². The molecule has 2 rings (SSSR count). The second-order valence-electron chi connectivity index (χ2n) is 5.59. The van der Waals surface area contributed by atoms with Crippen LogP contribution in [0.25, 0.3) is 0 Å². The molecule has 0 aliphatic carbocycles. The molecular weight excluding hydrogens is 292 g/mol. The highest BCUT2D eigenvalue weighted by Gasteiger charge is 2.19. The Morgan fingerprint density at radius 1 is 1.09 bits per heavy atom. The molecule has 23 heavy (non-hydrogen) atoms. The molecule has 2 aromatic rings. The van der Waals surface area contributed by atoms with Gasteiger partial charge in [-0.05, 0) is 18.1 Å². The summed E-state index contributed by atoms with van der Waals surface area (Å²) < 4.78 is 5.15. The zero-order valence-corrected chi connectivity index (χ0v) is 13.2. The fourth-order valence-electron chi connectivity index (χ4n) is 1.94. The van der Waals surface area contributed by atoms with Crippen LogP contribution in [0.15, 0.2) is 48.5 Å². The second kappa shape index (κ2) is 7.65. The molecule has 120 valence electrons. The number of carbonyl (C=O) groups is 2. The van der Waals surface area contributed by atoms with Crippen molar-refractivity contribution < 1.29 is 14.3 Å². The summed E-state index contributed by atoms with van der Waals surface area (Å²) in [5, 5.41) is 0. The van der Waals surface area contributed by atoms with E-state index in [1.165, 1.54) is 0 Å². The molecule has 5 nitrogen and oxygen atoms in total. The maximum Gasteiger partial charge on any atom is 0.323 e. The Kier molecular flexibility index (Phi) is 5.60. The SMILES string of the molecule is CC(C)C(N)C(=O)OCc1cccc(C(=O)c2ccccc2)n1. The number of esters is 1. The summed E-state index contributed by atoms with van der Waals surface area (Å²) >= 11 is 0. The van der Waals surface area contributed by atoms with Gasteiger partial charge in [0.15, 0.2) is 0 Å². The molecule has 0 saturated carbocycles. The van der Waals surface area contributed by atoms with Crippen LogP contribution in [0.3, 0.4) is 0 Å². The van der Waals surface area contributed by atoms with Gasteiger partial charge in [0.25, 0.3) is 0 Å². The van der Waals surface area contributed by atoms with E-state index in [2.05, 4.69) is 4.98 Å². The quantitative estimate of drug-likeness (QED) is 0.654. The van der Waals surface area contributed by atoms with Gasteiger partial charge in [0.05, 0.1) is 5.69 Å². The van der Waals surface area contributed by atoms with Crippen LogP contribution in [0.4, 0.5) is 0 Å². The number of ketones is 1. The van der Waals surface area contributed by atoms with Crippen molar-refractivity contribution in [2.75, 3.05) is 0 Å². The summed E-state index contributed by atoms with van der Waals surface area (Å²) in [6.07, 6.45) is 0. The van der Waals surface area contributed by atoms with Crippen molar-refractivity contribution in [1.82, 2.24) is 4.98 Å². The van der Waals surface area contributed by atoms with Crippen LogP contribution >= 0.6 is 0 Å². The second-order valence-corrected chi connectivity index (χ2v) is 5.59. The molecule has 1 atom stereocenters. The molecule has 0 aliphatic heterocycles. The minimum atomic E-state index is -0.663. The van der Waals surface area contributed by atoms with Crippen molar-refractivity contribution >= 4 is 11.8 Å². The molecule has 1 aromatic heterocycles. The normalized spacial score (nSPS) is 12.0. The highest BCUT2D eigenvalue weighted by Crippen LogP contribution is 2.10. The van der Waals surface area contributed by atoms with Crippen LogP contribution in [0, 0.1) is 5.92 Å². The summed E-state index contributed by atoms with van der Waals surface area (Å²) in [6.45, 7) is 3.70. The van der Waals surface area contributed by atoms with Gasteiger partial charge in [-0.2, -0.15) is 0 Å². The first-order valence-corrected chi connectivity index (χ1v) is 7.47. The monoisotopic (exact) mass is 312 g/mol. The van der Waals surface area contributed by atoms with E-state index in [1.807, 2.05) is 19.9 Å². The predicted octanol–water partition coefficient (Wildman–Crippen LogP) is 2.34. The fourth-order valence-corrected chi connectivity index (χ4v) is 1.94. The summed E-state index contributed by atoms with van der Waals surface area (Å²) in [5.41, 5.74) is 7.12. The first kappa shape index (κ1) is 16.8. The molecule has 1 aromatic carbocycles. The number of carbonyl (C=O) groups excluding carboxylic acids is 2. The lowest BCUT2D eigenvalue weighted by Gasteiger charge is -2.14. The average molecular weight is 312 g/mol. The molecule has 0 radical (unpaired) electrons. The van der Waals surface area contributed by atoms with Crippen LogP contribution in [-0.4, -0.2) is 22.8 Å². The molecule has 0 amide bonds. The van der Waals surface area contributed by atoms with E-state index in [1.54, 1.807) is 42.5 Å². The van der Waals surface area contributed by atoms with Gasteiger partial charge in [-0.1, -0.05) is 50.2 Å². The first-order chi connectivity index (χ1) is 11.0. The predicted molar refractivity (Wildman–Crippen MR) is 86.7 cm³/mol. The molecular formula is C18H20N2O3. The molecule has 2 N–H and O–H groups in total. The van der Waals surface area contributed by atoms with Crippen molar-refractivity contribution in [1.29, 1.82) is 0 Å². The van der Waals surface area contributed by atoms with E-state index < -0.39 is 12.0 Å². The topological polar surface area (TPSA) is 82.3 Å². The van der Waals surface area contributed by atoms with Crippen LogP contribution in [0.2, 0.25) is 0 Å². The number of ether oxygens (including phenoxy) is 1. The third-order valence-corrected chi connectivity index (χ3v) is 3.43. The number of hydrogen-bond donors (Lipinski definition) is 1. The van der Waals surface area contributed by atoms with Crippen molar-refractivity contribution in [2.45, 2.75) is 26.5 Å². The van der Waals surface area contributed by atoms with E-state index in [4.69, 9.17) is 10.5 Å². The lowest BCUT2D eigenvalue weighted by atomic mass is 10.1. The Morgan fingerprint density at radius 2 is 1.78 bits per heavy atom. The van der Waals surface area contributed by atoms with Crippen LogP contribution in [0.1, 0.15) is 35.6 Å². The maximum atomic E-state index is 12.3. The molecule has 0 spiro atoms. The minimum Gasteiger partial charge on any atom is -0.458 e. The van der Waals surface area contributed by atoms with E-state index in [-0.39, 0.29) is 18.3 Å². The first-order valence-electron chi connectivity index (χ1n) is 7.47. The number of pyridine rings is 1. The van der Waals surface area contributed by atoms with Gasteiger partial charge in [0.2, 0.25) is 5.78 Å². The Bertz CT molecular complexity index is 684.